The lowest BCUT2D eigenvalue weighted by Crippen LogP contribution is -2.42. The number of benzene rings is 1. The Morgan fingerprint density at radius 2 is 1.79 bits per heavy atom. The summed E-state index contributed by atoms with van der Waals surface area (Å²) in [5.41, 5.74) is 1.40. The highest BCUT2D eigenvalue weighted by Crippen LogP contribution is 2.08. The number of likely N-dealkylation sites (N-methyl/N-ethyl adjacent to an activating group) is 1. The van der Waals surface area contributed by atoms with E-state index in [0.717, 1.165) is 19.6 Å². The highest BCUT2D eigenvalue weighted by Gasteiger charge is 2.13. The van der Waals surface area contributed by atoms with E-state index in [1.165, 1.54) is 18.4 Å². The van der Waals surface area contributed by atoms with E-state index in [1.54, 1.807) is 0 Å². The van der Waals surface area contributed by atoms with Crippen LogP contribution in [0.2, 0.25) is 0 Å². The number of nitrogens with one attached hydrogen (secondary N) is 1. The number of rotatable bonds is 9. The zero-order valence-electron chi connectivity index (χ0n) is 13.0. The summed E-state index contributed by atoms with van der Waals surface area (Å²) in [6.07, 6.45) is 2.52. The molecule has 2 nitrogen and oxygen atoms in total. The third-order valence-electron chi connectivity index (χ3n) is 3.74. The SMILES string of the molecule is CCCC(C)NCC(C)N(CC)Cc1ccccc1. The Bertz CT molecular complexity index is 323. The Morgan fingerprint density at radius 1 is 1.11 bits per heavy atom. The van der Waals surface area contributed by atoms with Gasteiger partial charge in [-0.1, -0.05) is 50.6 Å². The van der Waals surface area contributed by atoms with Gasteiger partial charge in [-0.2, -0.15) is 0 Å². The molecular weight excluding hydrogens is 232 g/mol. The molecule has 0 amide bonds. The first-order valence-electron chi connectivity index (χ1n) is 7.68. The molecule has 0 saturated heterocycles. The van der Waals surface area contributed by atoms with Gasteiger partial charge in [-0.25, -0.2) is 0 Å². The highest BCUT2D eigenvalue weighted by molar-refractivity contribution is 5.14. The largest absolute Gasteiger partial charge is 0.313 e. The van der Waals surface area contributed by atoms with E-state index in [9.17, 15) is 0 Å². The first-order chi connectivity index (χ1) is 9.17. The third kappa shape index (κ3) is 6.22. The topological polar surface area (TPSA) is 15.3 Å². The van der Waals surface area contributed by atoms with E-state index >= 15 is 0 Å². The van der Waals surface area contributed by atoms with Crippen LogP contribution in [-0.2, 0) is 6.54 Å². The summed E-state index contributed by atoms with van der Waals surface area (Å²) in [7, 11) is 0. The quantitative estimate of drug-likeness (QED) is 0.730. The van der Waals surface area contributed by atoms with Gasteiger partial charge < -0.3 is 5.32 Å². The van der Waals surface area contributed by atoms with Crippen molar-refractivity contribution < 1.29 is 0 Å². The summed E-state index contributed by atoms with van der Waals surface area (Å²) in [4.78, 5) is 2.53. The summed E-state index contributed by atoms with van der Waals surface area (Å²) in [5, 5.41) is 3.64. The molecule has 0 radical (unpaired) electrons. The van der Waals surface area contributed by atoms with Crippen LogP contribution in [0.15, 0.2) is 30.3 Å². The second kappa shape index (κ2) is 9.11. The highest BCUT2D eigenvalue weighted by atomic mass is 15.2. The summed E-state index contributed by atoms with van der Waals surface area (Å²) >= 11 is 0. The number of nitrogens with zero attached hydrogens (tertiary/aromatic N) is 1. The van der Waals surface area contributed by atoms with Crippen LogP contribution in [0.25, 0.3) is 0 Å². The normalized spacial score (nSPS) is 14.6. The van der Waals surface area contributed by atoms with Crippen molar-refractivity contribution in [1.82, 2.24) is 10.2 Å². The number of hydrogen-bond acceptors (Lipinski definition) is 2. The van der Waals surface area contributed by atoms with Crippen molar-refractivity contribution in [3.05, 3.63) is 35.9 Å². The van der Waals surface area contributed by atoms with E-state index in [4.69, 9.17) is 0 Å². The van der Waals surface area contributed by atoms with Crippen LogP contribution in [0.1, 0.15) is 46.1 Å². The molecule has 108 valence electrons. The summed E-state index contributed by atoms with van der Waals surface area (Å²) in [6.45, 7) is 12.3. The van der Waals surface area contributed by atoms with Crippen LogP contribution in [0.3, 0.4) is 0 Å². The molecule has 2 heteroatoms. The second-order valence-corrected chi connectivity index (χ2v) is 5.50. The van der Waals surface area contributed by atoms with Crippen LogP contribution < -0.4 is 5.32 Å². The van der Waals surface area contributed by atoms with Crippen LogP contribution in [-0.4, -0.2) is 30.1 Å². The van der Waals surface area contributed by atoms with Crippen LogP contribution in [0, 0.1) is 0 Å². The fraction of sp³-hybridized carbons (Fsp3) is 0.647. The van der Waals surface area contributed by atoms with Crippen molar-refractivity contribution in [2.45, 2.75) is 59.2 Å². The maximum atomic E-state index is 3.64. The predicted octanol–water partition coefficient (Wildman–Crippen LogP) is 3.68. The summed E-state index contributed by atoms with van der Waals surface area (Å²) in [5.74, 6) is 0. The predicted molar refractivity (Wildman–Crippen MR) is 84.4 cm³/mol. The lowest BCUT2D eigenvalue weighted by atomic mass is 10.1. The van der Waals surface area contributed by atoms with Crippen molar-refractivity contribution in [3.63, 3.8) is 0 Å². The zero-order valence-corrected chi connectivity index (χ0v) is 13.0. The molecule has 0 bridgehead atoms. The molecule has 0 spiro atoms. The first-order valence-corrected chi connectivity index (χ1v) is 7.68. The lowest BCUT2D eigenvalue weighted by molar-refractivity contribution is 0.202. The van der Waals surface area contributed by atoms with Crippen molar-refractivity contribution >= 4 is 0 Å². The average Bonchev–Trinajstić information content (AvgIpc) is 2.43. The maximum Gasteiger partial charge on any atom is 0.0236 e. The van der Waals surface area contributed by atoms with Crippen LogP contribution in [0.5, 0.6) is 0 Å². The molecule has 2 atom stereocenters. The van der Waals surface area contributed by atoms with Gasteiger partial charge in [-0.05, 0) is 32.4 Å². The van der Waals surface area contributed by atoms with E-state index in [-0.39, 0.29) is 0 Å². The van der Waals surface area contributed by atoms with Crippen LogP contribution >= 0.6 is 0 Å². The minimum Gasteiger partial charge on any atom is -0.313 e. The standard InChI is InChI=1S/C17H30N2/c1-5-10-15(3)18-13-16(4)19(6-2)14-17-11-8-7-9-12-17/h7-9,11-12,15-16,18H,5-6,10,13-14H2,1-4H3. The second-order valence-electron chi connectivity index (χ2n) is 5.50. The van der Waals surface area contributed by atoms with Gasteiger partial charge in [-0.3, -0.25) is 4.90 Å². The van der Waals surface area contributed by atoms with Gasteiger partial charge in [-0.15, -0.1) is 0 Å². The molecule has 0 fully saturated rings. The van der Waals surface area contributed by atoms with E-state index < -0.39 is 0 Å². The Hall–Kier alpha value is -0.860. The maximum absolute atomic E-state index is 3.64. The Kier molecular flexibility index (Phi) is 7.76. The van der Waals surface area contributed by atoms with Crippen molar-refractivity contribution in [3.8, 4) is 0 Å². The number of hydrogen-bond donors (Lipinski definition) is 1. The van der Waals surface area contributed by atoms with Gasteiger partial charge in [0.05, 0.1) is 0 Å². The zero-order chi connectivity index (χ0) is 14.1. The van der Waals surface area contributed by atoms with Crippen molar-refractivity contribution in [1.29, 1.82) is 0 Å². The lowest BCUT2D eigenvalue weighted by Gasteiger charge is -2.29. The molecule has 1 rings (SSSR count). The summed E-state index contributed by atoms with van der Waals surface area (Å²) < 4.78 is 0. The molecular formula is C17H30N2. The molecule has 1 aromatic rings. The molecule has 0 saturated carbocycles. The van der Waals surface area contributed by atoms with E-state index in [1.807, 2.05) is 0 Å². The Morgan fingerprint density at radius 3 is 2.37 bits per heavy atom. The van der Waals surface area contributed by atoms with Gasteiger partial charge >= 0.3 is 0 Å². The fourth-order valence-corrected chi connectivity index (χ4v) is 2.43. The molecule has 1 aromatic carbocycles. The van der Waals surface area contributed by atoms with Gasteiger partial charge in [0.25, 0.3) is 0 Å². The molecule has 2 unspecified atom stereocenters. The Balaban J connectivity index is 2.41. The van der Waals surface area contributed by atoms with Crippen molar-refractivity contribution in [2.75, 3.05) is 13.1 Å². The van der Waals surface area contributed by atoms with Gasteiger partial charge in [0.2, 0.25) is 0 Å². The molecule has 0 heterocycles. The monoisotopic (exact) mass is 262 g/mol. The molecule has 0 aliphatic heterocycles. The van der Waals surface area contributed by atoms with Gasteiger partial charge in [0.15, 0.2) is 0 Å². The first kappa shape index (κ1) is 16.2. The smallest absolute Gasteiger partial charge is 0.0236 e. The molecule has 19 heavy (non-hydrogen) atoms. The fourth-order valence-electron chi connectivity index (χ4n) is 2.43. The van der Waals surface area contributed by atoms with E-state index in [2.05, 4.69) is 68.2 Å². The Labute approximate surface area is 119 Å². The van der Waals surface area contributed by atoms with Gasteiger partial charge in [0.1, 0.15) is 0 Å². The minimum atomic E-state index is 0.574. The molecule has 1 N–H and O–H groups in total. The average molecular weight is 262 g/mol. The summed E-state index contributed by atoms with van der Waals surface area (Å²) in [6, 6.07) is 11.9. The molecule has 0 aliphatic carbocycles. The van der Waals surface area contributed by atoms with Crippen molar-refractivity contribution in [2.24, 2.45) is 0 Å². The van der Waals surface area contributed by atoms with Gasteiger partial charge in [0, 0.05) is 25.2 Å². The third-order valence-corrected chi connectivity index (χ3v) is 3.74. The van der Waals surface area contributed by atoms with E-state index in [0.29, 0.717) is 12.1 Å². The van der Waals surface area contributed by atoms with Crippen LogP contribution in [0.4, 0.5) is 0 Å². The minimum absolute atomic E-state index is 0.574. The molecule has 0 aliphatic rings. The molecule has 0 aromatic heterocycles.